The van der Waals surface area contributed by atoms with Gasteiger partial charge in [-0.15, -0.1) is 0 Å². The van der Waals surface area contributed by atoms with Gasteiger partial charge in [0, 0.05) is 12.1 Å². The van der Waals surface area contributed by atoms with E-state index in [1.54, 1.807) is 9.47 Å². The SMILES string of the molecule is CCCCN(C(=O)NC(C)(C)C)C(C)c1nc2ccccc2c(=O)n1-c1cc(C)ccc1C. The minimum Gasteiger partial charge on any atom is -0.333 e. The monoisotopic (exact) mass is 448 g/mol. The maximum atomic E-state index is 13.8. The number of amides is 2. The summed E-state index contributed by atoms with van der Waals surface area (Å²) in [4.78, 5) is 33.8. The molecule has 33 heavy (non-hydrogen) atoms. The quantitative estimate of drug-likeness (QED) is 0.528. The molecule has 176 valence electrons. The van der Waals surface area contributed by atoms with E-state index in [1.807, 2.05) is 84.0 Å². The second kappa shape index (κ2) is 9.77. The second-order valence-electron chi connectivity index (χ2n) is 9.82. The van der Waals surface area contributed by atoms with Crippen LogP contribution >= 0.6 is 0 Å². The van der Waals surface area contributed by atoms with E-state index in [4.69, 9.17) is 4.98 Å². The molecule has 0 aliphatic carbocycles. The Morgan fingerprint density at radius 3 is 2.52 bits per heavy atom. The molecule has 0 aliphatic heterocycles. The van der Waals surface area contributed by atoms with Gasteiger partial charge in [0.05, 0.1) is 22.6 Å². The summed E-state index contributed by atoms with van der Waals surface area (Å²) in [5.74, 6) is 0.563. The number of hydrogen-bond acceptors (Lipinski definition) is 3. The number of nitrogens with one attached hydrogen (secondary N) is 1. The van der Waals surface area contributed by atoms with Gasteiger partial charge in [-0.25, -0.2) is 9.78 Å². The van der Waals surface area contributed by atoms with Crippen molar-refractivity contribution in [2.45, 2.75) is 72.9 Å². The van der Waals surface area contributed by atoms with E-state index in [-0.39, 0.29) is 17.1 Å². The average Bonchev–Trinajstić information content (AvgIpc) is 2.74. The van der Waals surface area contributed by atoms with Crippen LogP contribution in [0.25, 0.3) is 16.6 Å². The number of unbranched alkanes of at least 4 members (excludes halogenated alkanes) is 1. The summed E-state index contributed by atoms with van der Waals surface area (Å²) in [6, 6.07) is 12.9. The first kappa shape index (κ1) is 24.5. The normalized spacial score (nSPS) is 12.6. The number of aryl methyl sites for hydroxylation is 2. The van der Waals surface area contributed by atoms with Gasteiger partial charge in [-0.05, 0) is 77.3 Å². The third-order valence-corrected chi connectivity index (χ3v) is 5.74. The smallest absolute Gasteiger partial charge is 0.318 e. The molecule has 1 N–H and O–H groups in total. The molecule has 0 spiro atoms. The standard InChI is InChI=1S/C27H36N4O2/c1-8-9-16-30(26(33)29-27(5,6)7)20(4)24-28-22-13-11-10-12-21(22)25(32)31(24)23-17-18(2)14-15-19(23)3/h10-15,17,20H,8-9,16H2,1-7H3,(H,29,33). The van der Waals surface area contributed by atoms with Crippen molar-refractivity contribution >= 4 is 16.9 Å². The number of hydrogen-bond donors (Lipinski definition) is 1. The maximum absolute atomic E-state index is 13.8. The average molecular weight is 449 g/mol. The first-order valence-corrected chi connectivity index (χ1v) is 11.7. The summed E-state index contributed by atoms with van der Waals surface area (Å²) >= 11 is 0. The Labute approximate surface area is 196 Å². The van der Waals surface area contributed by atoms with Gasteiger partial charge in [0.15, 0.2) is 0 Å². The van der Waals surface area contributed by atoms with Gasteiger partial charge in [0.25, 0.3) is 5.56 Å². The van der Waals surface area contributed by atoms with Crippen molar-refractivity contribution in [3.05, 3.63) is 69.8 Å². The molecule has 0 saturated carbocycles. The highest BCUT2D eigenvalue weighted by Crippen LogP contribution is 2.25. The summed E-state index contributed by atoms with van der Waals surface area (Å²) in [6.07, 6.45) is 1.82. The van der Waals surface area contributed by atoms with Crippen molar-refractivity contribution in [2.24, 2.45) is 0 Å². The van der Waals surface area contributed by atoms with E-state index >= 15 is 0 Å². The highest BCUT2D eigenvalue weighted by atomic mass is 16.2. The van der Waals surface area contributed by atoms with E-state index in [9.17, 15) is 9.59 Å². The zero-order valence-corrected chi connectivity index (χ0v) is 20.9. The van der Waals surface area contributed by atoms with E-state index in [1.165, 1.54) is 0 Å². The highest BCUT2D eigenvalue weighted by molar-refractivity contribution is 5.78. The predicted molar refractivity (Wildman–Crippen MR) is 135 cm³/mol. The number of para-hydroxylation sites is 1. The Bertz CT molecular complexity index is 1210. The molecule has 0 fully saturated rings. The minimum absolute atomic E-state index is 0.122. The van der Waals surface area contributed by atoms with Crippen LogP contribution in [0.1, 0.15) is 70.5 Å². The van der Waals surface area contributed by atoms with Crippen LogP contribution in [0.3, 0.4) is 0 Å². The third-order valence-electron chi connectivity index (χ3n) is 5.74. The number of carbonyl (C=O) groups is 1. The number of carbonyl (C=O) groups excluding carboxylic acids is 1. The fourth-order valence-electron chi connectivity index (χ4n) is 3.95. The van der Waals surface area contributed by atoms with Gasteiger partial charge >= 0.3 is 6.03 Å². The van der Waals surface area contributed by atoms with Gasteiger partial charge in [-0.1, -0.05) is 37.6 Å². The number of benzene rings is 2. The first-order chi connectivity index (χ1) is 15.5. The zero-order chi connectivity index (χ0) is 24.3. The molecule has 0 radical (unpaired) electrons. The summed E-state index contributed by atoms with van der Waals surface area (Å²) in [5, 5.41) is 3.65. The Kier molecular flexibility index (Phi) is 7.25. The van der Waals surface area contributed by atoms with Crippen molar-refractivity contribution < 1.29 is 4.79 Å². The number of rotatable bonds is 6. The van der Waals surface area contributed by atoms with Crippen LogP contribution in [0, 0.1) is 13.8 Å². The Morgan fingerprint density at radius 1 is 1.15 bits per heavy atom. The first-order valence-electron chi connectivity index (χ1n) is 11.7. The largest absolute Gasteiger partial charge is 0.333 e. The summed E-state index contributed by atoms with van der Waals surface area (Å²) in [7, 11) is 0. The van der Waals surface area contributed by atoms with Gasteiger partial charge in [0.2, 0.25) is 0 Å². The zero-order valence-electron chi connectivity index (χ0n) is 20.9. The molecule has 2 amide bonds. The highest BCUT2D eigenvalue weighted by Gasteiger charge is 2.28. The third kappa shape index (κ3) is 5.44. The van der Waals surface area contributed by atoms with Crippen molar-refractivity contribution in [1.29, 1.82) is 0 Å². The number of urea groups is 1. The van der Waals surface area contributed by atoms with Crippen LogP contribution < -0.4 is 10.9 Å². The lowest BCUT2D eigenvalue weighted by atomic mass is 10.1. The fraction of sp³-hybridized carbons (Fsp3) is 0.444. The van der Waals surface area contributed by atoms with Gasteiger partial charge in [0.1, 0.15) is 5.82 Å². The summed E-state index contributed by atoms with van der Waals surface area (Å²) in [5.41, 5.74) is 2.98. The van der Waals surface area contributed by atoms with Crippen molar-refractivity contribution in [2.75, 3.05) is 6.54 Å². The van der Waals surface area contributed by atoms with Gasteiger partial charge in [-0.2, -0.15) is 0 Å². The van der Waals surface area contributed by atoms with E-state index in [0.29, 0.717) is 23.3 Å². The van der Waals surface area contributed by atoms with Gasteiger partial charge < -0.3 is 10.2 Å². The number of aromatic nitrogens is 2. The molecule has 3 rings (SSSR count). The lowest BCUT2D eigenvalue weighted by Crippen LogP contribution is -2.50. The molecule has 0 bridgehead atoms. The number of nitrogens with zero attached hydrogens (tertiary/aromatic N) is 3. The molecular formula is C27H36N4O2. The molecule has 1 atom stereocenters. The van der Waals surface area contributed by atoms with Crippen LogP contribution in [0.5, 0.6) is 0 Å². The lowest BCUT2D eigenvalue weighted by molar-refractivity contribution is 0.166. The Hall–Kier alpha value is -3.15. The molecule has 6 nitrogen and oxygen atoms in total. The van der Waals surface area contributed by atoms with Crippen LogP contribution in [-0.4, -0.2) is 32.6 Å². The van der Waals surface area contributed by atoms with Crippen molar-refractivity contribution in [3.8, 4) is 5.69 Å². The molecule has 1 heterocycles. The fourth-order valence-corrected chi connectivity index (χ4v) is 3.95. The van der Waals surface area contributed by atoms with Gasteiger partial charge in [-0.3, -0.25) is 9.36 Å². The molecule has 6 heteroatoms. The summed E-state index contributed by atoms with van der Waals surface area (Å²) < 4.78 is 1.69. The molecule has 3 aromatic rings. The van der Waals surface area contributed by atoms with E-state index in [0.717, 1.165) is 29.7 Å². The molecule has 2 aromatic carbocycles. The molecular weight excluding hydrogens is 412 g/mol. The van der Waals surface area contributed by atoms with Crippen LogP contribution in [0.15, 0.2) is 47.3 Å². The molecule has 1 unspecified atom stereocenters. The maximum Gasteiger partial charge on any atom is 0.318 e. The van der Waals surface area contributed by atoms with Crippen molar-refractivity contribution in [3.63, 3.8) is 0 Å². The van der Waals surface area contributed by atoms with Crippen LogP contribution in [-0.2, 0) is 0 Å². The minimum atomic E-state index is -0.406. The Balaban J connectivity index is 2.25. The number of fused-ring (bicyclic) bond motifs is 1. The molecule has 0 aliphatic rings. The van der Waals surface area contributed by atoms with E-state index < -0.39 is 6.04 Å². The van der Waals surface area contributed by atoms with Crippen molar-refractivity contribution in [1.82, 2.24) is 19.8 Å². The lowest BCUT2D eigenvalue weighted by Gasteiger charge is -2.33. The summed E-state index contributed by atoms with van der Waals surface area (Å²) in [6.45, 7) is 14.5. The topological polar surface area (TPSA) is 67.2 Å². The second-order valence-corrected chi connectivity index (χ2v) is 9.82. The van der Waals surface area contributed by atoms with E-state index in [2.05, 4.69) is 12.2 Å². The van der Waals surface area contributed by atoms with Crippen LogP contribution in [0.4, 0.5) is 4.79 Å². The Morgan fingerprint density at radius 2 is 1.85 bits per heavy atom. The predicted octanol–water partition coefficient (Wildman–Crippen LogP) is 5.67. The molecule has 1 aromatic heterocycles. The van der Waals surface area contributed by atoms with Crippen LogP contribution in [0.2, 0.25) is 0 Å². The molecule has 0 saturated heterocycles.